The highest BCUT2D eigenvalue weighted by Gasteiger charge is 2.51. The van der Waals surface area contributed by atoms with Crippen molar-refractivity contribution in [3.05, 3.63) is 0 Å². The zero-order valence-corrected chi connectivity index (χ0v) is 19.2. The topological polar surface area (TPSA) is 140 Å². The molecule has 6 N–H and O–H groups in total. The third-order valence-corrected chi connectivity index (χ3v) is 6.28. The van der Waals surface area contributed by atoms with E-state index in [1.807, 2.05) is 0 Å². The Morgan fingerprint density at radius 3 is 1.00 bits per heavy atom. The molecular formula is C21H44O8. The molecule has 0 aromatic heterocycles. The summed E-state index contributed by atoms with van der Waals surface area (Å²) < 4.78 is 11.6. The highest BCUT2D eigenvalue weighted by Crippen LogP contribution is 2.38. The summed E-state index contributed by atoms with van der Waals surface area (Å²) in [6.07, 6.45) is -6.95. The van der Waals surface area contributed by atoms with Gasteiger partial charge in [-0.15, -0.1) is 0 Å². The Hall–Kier alpha value is -0.320. The van der Waals surface area contributed by atoms with E-state index in [0.717, 1.165) is 0 Å². The van der Waals surface area contributed by atoms with Crippen LogP contribution in [0.25, 0.3) is 0 Å². The van der Waals surface area contributed by atoms with Gasteiger partial charge in [0.1, 0.15) is 0 Å². The molecule has 0 radical (unpaired) electrons. The summed E-state index contributed by atoms with van der Waals surface area (Å²) in [6.45, 7) is 12.5. The number of hydrogen-bond acceptors (Lipinski definition) is 8. The van der Waals surface area contributed by atoms with Crippen LogP contribution in [0, 0.1) is 17.3 Å². The summed E-state index contributed by atoms with van der Waals surface area (Å²) >= 11 is 0. The molecule has 0 saturated carbocycles. The molecule has 0 aromatic carbocycles. The van der Waals surface area contributed by atoms with Gasteiger partial charge in [-0.3, -0.25) is 0 Å². The molecule has 8 heteroatoms. The fourth-order valence-corrected chi connectivity index (χ4v) is 2.98. The standard InChI is InChI=1S/C21H44O8/c1-11(13(3)22)19(26)21(9-28-17(7)15(5)24,10-29-18(8)16(6)25)20(27)12(2)14(4)23/h11-20,22-27H,9-10H2,1-8H3. The van der Waals surface area contributed by atoms with Crippen LogP contribution in [0.5, 0.6) is 0 Å². The first-order chi connectivity index (χ1) is 13.2. The minimum absolute atomic E-state index is 0.179. The molecule has 0 aliphatic carbocycles. The minimum atomic E-state index is -1.42. The minimum Gasteiger partial charge on any atom is -0.393 e. The van der Waals surface area contributed by atoms with E-state index in [1.54, 1.807) is 55.4 Å². The van der Waals surface area contributed by atoms with Gasteiger partial charge in [-0.25, -0.2) is 0 Å². The van der Waals surface area contributed by atoms with E-state index in [4.69, 9.17) is 9.47 Å². The maximum atomic E-state index is 11.2. The molecule has 0 spiro atoms. The Morgan fingerprint density at radius 1 is 0.517 bits per heavy atom. The number of ether oxygens (including phenoxy) is 2. The van der Waals surface area contributed by atoms with Crippen molar-refractivity contribution >= 4 is 0 Å². The molecule has 10 atom stereocenters. The van der Waals surface area contributed by atoms with Crippen molar-refractivity contribution in [3.8, 4) is 0 Å². The first-order valence-corrected chi connectivity index (χ1v) is 10.5. The molecule has 0 heterocycles. The number of hydrogen-bond donors (Lipinski definition) is 6. The van der Waals surface area contributed by atoms with Crippen LogP contribution in [-0.4, -0.2) is 92.7 Å². The predicted octanol–water partition coefficient (Wildman–Crippen LogP) is 0.300. The van der Waals surface area contributed by atoms with Crippen LogP contribution in [0.2, 0.25) is 0 Å². The van der Waals surface area contributed by atoms with Gasteiger partial charge >= 0.3 is 0 Å². The second-order valence-electron chi connectivity index (χ2n) is 8.84. The lowest BCUT2D eigenvalue weighted by Crippen LogP contribution is -2.59. The van der Waals surface area contributed by atoms with Crippen molar-refractivity contribution in [2.75, 3.05) is 13.2 Å². The van der Waals surface area contributed by atoms with Crippen LogP contribution in [0.1, 0.15) is 55.4 Å². The quantitative estimate of drug-likeness (QED) is 0.234. The summed E-state index contributed by atoms with van der Waals surface area (Å²) in [5.74, 6) is -1.27. The molecule has 0 bridgehead atoms. The first-order valence-electron chi connectivity index (χ1n) is 10.5. The lowest BCUT2D eigenvalue weighted by molar-refractivity contribution is -0.210. The molecule has 176 valence electrons. The second-order valence-corrected chi connectivity index (χ2v) is 8.84. The van der Waals surface area contributed by atoms with E-state index in [-0.39, 0.29) is 13.2 Å². The van der Waals surface area contributed by atoms with Gasteiger partial charge in [0.15, 0.2) is 0 Å². The van der Waals surface area contributed by atoms with Gasteiger partial charge in [0, 0.05) is 11.8 Å². The summed E-state index contributed by atoms with van der Waals surface area (Å²) in [5, 5.41) is 62.1. The molecular weight excluding hydrogens is 380 g/mol. The van der Waals surface area contributed by atoms with E-state index in [9.17, 15) is 30.6 Å². The fourth-order valence-electron chi connectivity index (χ4n) is 2.98. The molecule has 10 unspecified atom stereocenters. The van der Waals surface area contributed by atoms with Gasteiger partial charge in [0.2, 0.25) is 0 Å². The monoisotopic (exact) mass is 424 g/mol. The molecule has 29 heavy (non-hydrogen) atoms. The van der Waals surface area contributed by atoms with E-state index < -0.39 is 66.1 Å². The maximum absolute atomic E-state index is 11.2. The van der Waals surface area contributed by atoms with Crippen LogP contribution in [0.4, 0.5) is 0 Å². The Labute approximate surface area is 175 Å². The van der Waals surface area contributed by atoms with Gasteiger partial charge in [0.05, 0.1) is 67.5 Å². The summed E-state index contributed by atoms with van der Waals surface area (Å²) in [7, 11) is 0. The third-order valence-electron chi connectivity index (χ3n) is 6.28. The van der Waals surface area contributed by atoms with E-state index in [1.165, 1.54) is 0 Å². The van der Waals surface area contributed by atoms with Crippen molar-refractivity contribution in [1.82, 2.24) is 0 Å². The van der Waals surface area contributed by atoms with Gasteiger partial charge in [-0.2, -0.15) is 0 Å². The fraction of sp³-hybridized carbons (Fsp3) is 1.00. The molecule has 0 saturated heterocycles. The molecule has 8 nitrogen and oxygen atoms in total. The average molecular weight is 425 g/mol. The average Bonchev–Trinajstić information content (AvgIpc) is 2.64. The molecule has 0 fully saturated rings. The Morgan fingerprint density at radius 2 is 0.793 bits per heavy atom. The lowest BCUT2D eigenvalue weighted by Gasteiger charge is -2.47. The second kappa shape index (κ2) is 12.5. The van der Waals surface area contributed by atoms with Crippen molar-refractivity contribution < 1.29 is 40.1 Å². The van der Waals surface area contributed by atoms with Crippen LogP contribution < -0.4 is 0 Å². The van der Waals surface area contributed by atoms with E-state index in [2.05, 4.69) is 0 Å². The molecule has 0 rings (SSSR count). The third kappa shape index (κ3) is 8.03. The maximum Gasteiger partial charge on any atom is 0.0803 e. The van der Waals surface area contributed by atoms with E-state index in [0.29, 0.717) is 0 Å². The largest absolute Gasteiger partial charge is 0.393 e. The number of aliphatic hydroxyl groups is 6. The summed E-state index contributed by atoms with van der Waals surface area (Å²) in [4.78, 5) is 0. The van der Waals surface area contributed by atoms with Crippen LogP contribution in [0.3, 0.4) is 0 Å². The smallest absolute Gasteiger partial charge is 0.0803 e. The SMILES string of the molecule is CC(O)C(C)OCC(COC(C)C(C)O)(C(O)C(C)C(C)O)C(O)C(C)C(C)O. The number of rotatable bonds is 14. The van der Waals surface area contributed by atoms with Crippen molar-refractivity contribution in [1.29, 1.82) is 0 Å². The van der Waals surface area contributed by atoms with Crippen molar-refractivity contribution in [2.45, 2.75) is 104 Å². The lowest BCUT2D eigenvalue weighted by atomic mass is 9.68. The summed E-state index contributed by atoms with van der Waals surface area (Å²) in [6, 6.07) is 0. The normalized spacial score (nSPS) is 25.0. The highest BCUT2D eigenvalue weighted by atomic mass is 16.5. The van der Waals surface area contributed by atoms with Crippen molar-refractivity contribution in [3.63, 3.8) is 0 Å². The summed E-state index contributed by atoms with van der Waals surface area (Å²) in [5.41, 5.74) is -1.42. The van der Waals surface area contributed by atoms with Gasteiger partial charge < -0.3 is 40.1 Å². The molecule has 0 aromatic rings. The predicted molar refractivity (Wildman–Crippen MR) is 110 cm³/mol. The number of aliphatic hydroxyl groups excluding tert-OH is 6. The van der Waals surface area contributed by atoms with E-state index >= 15 is 0 Å². The van der Waals surface area contributed by atoms with Gasteiger partial charge in [-0.05, 0) is 41.5 Å². The van der Waals surface area contributed by atoms with Gasteiger partial charge in [0.25, 0.3) is 0 Å². The zero-order chi connectivity index (χ0) is 23.1. The van der Waals surface area contributed by atoms with Crippen LogP contribution in [0.15, 0.2) is 0 Å². The first kappa shape index (κ1) is 28.7. The van der Waals surface area contributed by atoms with Crippen LogP contribution >= 0.6 is 0 Å². The van der Waals surface area contributed by atoms with Gasteiger partial charge in [-0.1, -0.05) is 13.8 Å². The molecule has 0 aliphatic heterocycles. The Balaban J connectivity index is 6.12. The Kier molecular flexibility index (Phi) is 12.4. The van der Waals surface area contributed by atoms with Crippen molar-refractivity contribution in [2.24, 2.45) is 17.3 Å². The highest BCUT2D eigenvalue weighted by molar-refractivity contribution is 4.99. The molecule has 0 amide bonds. The Bertz CT molecular complexity index is 400. The van der Waals surface area contributed by atoms with Crippen LogP contribution in [-0.2, 0) is 9.47 Å². The molecule has 0 aliphatic rings. The zero-order valence-electron chi connectivity index (χ0n) is 19.2.